The Balaban J connectivity index is 2.63. The van der Waals surface area contributed by atoms with Crippen LogP contribution in [0.15, 0.2) is 24.4 Å². The standard InChI is InChI=1S/C11H12ClN3/c1-7-3-4-10(12)8(5-7)9-6-14-15(2)11(9)13/h3-6H,13H2,1-2H3. The van der Waals surface area contributed by atoms with Crippen LogP contribution in [0, 0.1) is 6.92 Å². The molecule has 0 atom stereocenters. The van der Waals surface area contributed by atoms with Crippen LogP contribution in [0.5, 0.6) is 0 Å². The first-order valence-corrected chi connectivity index (χ1v) is 5.01. The van der Waals surface area contributed by atoms with E-state index in [4.69, 9.17) is 17.3 Å². The Morgan fingerprint density at radius 2 is 2.07 bits per heavy atom. The number of nitrogens with zero attached hydrogens (tertiary/aromatic N) is 2. The number of rotatable bonds is 1. The molecule has 2 aromatic rings. The zero-order valence-corrected chi connectivity index (χ0v) is 9.42. The second-order valence-electron chi connectivity index (χ2n) is 3.55. The van der Waals surface area contributed by atoms with Gasteiger partial charge in [0.05, 0.1) is 6.20 Å². The minimum absolute atomic E-state index is 0.627. The van der Waals surface area contributed by atoms with Gasteiger partial charge in [-0.2, -0.15) is 5.10 Å². The van der Waals surface area contributed by atoms with Crippen molar-refractivity contribution in [1.29, 1.82) is 0 Å². The lowest BCUT2D eigenvalue weighted by Gasteiger charge is -2.04. The number of aryl methyl sites for hydroxylation is 2. The smallest absolute Gasteiger partial charge is 0.129 e. The molecule has 3 nitrogen and oxygen atoms in total. The highest BCUT2D eigenvalue weighted by Crippen LogP contribution is 2.32. The summed E-state index contributed by atoms with van der Waals surface area (Å²) < 4.78 is 1.63. The summed E-state index contributed by atoms with van der Waals surface area (Å²) >= 11 is 6.12. The van der Waals surface area contributed by atoms with E-state index in [1.165, 1.54) is 0 Å². The van der Waals surface area contributed by atoms with E-state index in [2.05, 4.69) is 5.10 Å². The molecule has 0 spiro atoms. The molecule has 1 aromatic carbocycles. The Morgan fingerprint density at radius 3 is 2.67 bits per heavy atom. The molecule has 1 aromatic heterocycles. The van der Waals surface area contributed by atoms with Gasteiger partial charge in [0.15, 0.2) is 0 Å². The summed E-state index contributed by atoms with van der Waals surface area (Å²) in [7, 11) is 1.81. The Bertz CT molecular complexity index is 503. The van der Waals surface area contributed by atoms with Crippen LogP contribution in [-0.4, -0.2) is 9.78 Å². The fraction of sp³-hybridized carbons (Fsp3) is 0.182. The second kappa shape index (κ2) is 3.59. The van der Waals surface area contributed by atoms with Crippen LogP contribution in [0.25, 0.3) is 11.1 Å². The molecular formula is C11H12ClN3. The zero-order chi connectivity index (χ0) is 11.0. The van der Waals surface area contributed by atoms with Gasteiger partial charge in [-0.15, -0.1) is 0 Å². The van der Waals surface area contributed by atoms with Crippen LogP contribution in [0.4, 0.5) is 5.82 Å². The highest BCUT2D eigenvalue weighted by molar-refractivity contribution is 6.33. The summed E-state index contributed by atoms with van der Waals surface area (Å²) in [6, 6.07) is 5.85. The summed E-state index contributed by atoms with van der Waals surface area (Å²) in [4.78, 5) is 0. The molecule has 78 valence electrons. The maximum atomic E-state index is 6.12. The number of nitrogen functional groups attached to an aromatic ring is 1. The predicted molar refractivity (Wildman–Crippen MR) is 62.8 cm³/mol. The summed E-state index contributed by atoms with van der Waals surface area (Å²) in [5.41, 5.74) is 8.86. The number of aromatic nitrogens is 2. The molecule has 0 amide bonds. The Kier molecular flexibility index (Phi) is 2.40. The Hall–Kier alpha value is -1.48. The number of benzene rings is 1. The number of hydrogen-bond acceptors (Lipinski definition) is 2. The maximum absolute atomic E-state index is 6.12. The van der Waals surface area contributed by atoms with E-state index in [0.717, 1.165) is 16.7 Å². The molecule has 0 fully saturated rings. The molecule has 2 N–H and O–H groups in total. The maximum Gasteiger partial charge on any atom is 0.129 e. The molecule has 1 heterocycles. The van der Waals surface area contributed by atoms with Crippen molar-refractivity contribution in [2.24, 2.45) is 7.05 Å². The molecule has 0 unspecified atom stereocenters. The predicted octanol–water partition coefficient (Wildman–Crippen LogP) is 2.63. The SMILES string of the molecule is Cc1ccc(Cl)c(-c2cnn(C)c2N)c1. The zero-order valence-electron chi connectivity index (χ0n) is 8.66. The average molecular weight is 222 g/mol. The molecule has 0 aliphatic carbocycles. The van der Waals surface area contributed by atoms with Gasteiger partial charge in [0.25, 0.3) is 0 Å². The Labute approximate surface area is 93.5 Å². The first kappa shape index (κ1) is 10.1. The van der Waals surface area contributed by atoms with Crippen molar-refractivity contribution in [3.8, 4) is 11.1 Å². The third-order valence-electron chi connectivity index (χ3n) is 2.40. The first-order valence-electron chi connectivity index (χ1n) is 4.63. The summed E-state index contributed by atoms with van der Waals surface area (Å²) in [5, 5.41) is 4.79. The quantitative estimate of drug-likeness (QED) is 0.805. The summed E-state index contributed by atoms with van der Waals surface area (Å²) in [6.45, 7) is 2.02. The van der Waals surface area contributed by atoms with E-state index in [9.17, 15) is 0 Å². The van der Waals surface area contributed by atoms with Gasteiger partial charge >= 0.3 is 0 Å². The lowest BCUT2D eigenvalue weighted by Crippen LogP contribution is -1.98. The highest BCUT2D eigenvalue weighted by atomic mass is 35.5. The van der Waals surface area contributed by atoms with E-state index in [0.29, 0.717) is 10.8 Å². The minimum Gasteiger partial charge on any atom is -0.383 e. The van der Waals surface area contributed by atoms with E-state index in [1.54, 1.807) is 10.9 Å². The van der Waals surface area contributed by atoms with Crippen LogP contribution in [0.1, 0.15) is 5.56 Å². The molecule has 0 aliphatic heterocycles. The molecular weight excluding hydrogens is 210 g/mol. The van der Waals surface area contributed by atoms with Crippen molar-refractivity contribution in [3.05, 3.63) is 35.0 Å². The Morgan fingerprint density at radius 1 is 1.33 bits per heavy atom. The topological polar surface area (TPSA) is 43.8 Å². The molecule has 0 saturated carbocycles. The number of anilines is 1. The van der Waals surface area contributed by atoms with E-state index < -0.39 is 0 Å². The fourth-order valence-electron chi connectivity index (χ4n) is 1.50. The van der Waals surface area contributed by atoms with Gasteiger partial charge in [-0.1, -0.05) is 23.2 Å². The lowest BCUT2D eigenvalue weighted by atomic mass is 10.1. The third-order valence-corrected chi connectivity index (χ3v) is 2.73. The third kappa shape index (κ3) is 1.70. The lowest BCUT2D eigenvalue weighted by molar-refractivity contribution is 0.779. The van der Waals surface area contributed by atoms with Crippen molar-refractivity contribution in [3.63, 3.8) is 0 Å². The van der Waals surface area contributed by atoms with Crippen LogP contribution in [-0.2, 0) is 7.05 Å². The molecule has 0 saturated heterocycles. The largest absolute Gasteiger partial charge is 0.383 e. The van der Waals surface area contributed by atoms with Gasteiger partial charge in [0.2, 0.25) is 0 Å². The molecule has 0 aliphatic rings. The monoisotopic (exact) mass is 221 g/mol. The van der Waals surface area contributed by atoms with Crippen molar-refractivity contribution in [2.75, 3.05) is 5.73 Å². The van der Waals surface area contributed by atoms with Gasteiger partial charge in [-0.25, -0.2) is 0 Å². The molecule has 0 bridgehead atoms. The molecule has 15 heavy (non-hydrogen) atoms. The van der Waals surface area contributed by atoms with Crippen molar-refractivity contribution in [1.82, 2.24) is 9.78 Å². The average Bonchev–Trinajstić information content (AvgIpc) is 2.52. The van der Waals surface area contributed by atoms with Crippen LogP contribution < -0.4 is 5.73 Å². The van der Waals surface area contributed by atoms with Gasteiger partial charge in [-0.05, 0) is 19.1 Å². The van der Waals surface area contributed by atoms with E-state index in [-0.39, 0.29) is 0 Å². The van der Waals surface area contributed by atoms with Crippen LogP contribution in [0.2, 0.25) is 5.02 Å². The minimum atomic E-state index is 0.627. The normalized spacial score (nSPS) is 10.6. The van der Waals surface area contributed by atoms with Crippen LogP contribution >= 0.6 is 11.6 Å². The number of halogens is 1. The van der Waals surface area contributed by atoms with Gasteiger partial charge in [0, 0.05) is 23.2 Å². The van der Waals surface area contributed by atoms with Crippen molar-refractivity contribution < 1.29 is 0 Å². The summed E-state index contributed by atoms with van der Waals surface area (Å²) in [6.07, 6.45) is 1.73. The van der Waals surface area contributed by atoms with Crippen LogP contribution in [0.3, 0.4) is 0 Å². The van der Waals surface area contributed by atoms with Gasteiger partial charge in [-0.3, -0.25) is 4.68 Å². The van der Waals surface area contributed by atoms with E-state index in [1.807, 2.05) is 32.2 Å². The highest BCUT2D eigenvalue weighted by Gasteiger charge is 2.10. The van der Waals surface area contributed by atoms with Gasteiger partial charge < -0.3 is 5.73 Å². The second-order valence-corrected chi connectivity index (χ2v) is 3.96. The van der Waals surface area contributed by atoms with Crippen molar-refractivity contribution in [2.45, 2.75) is 6.92 Å². The van der Waals surface area contributed by atoms with Gasteiger partial charge in [0.1, 0.15) is 5.82 Å². The molecule has 4 heteroatoms. The van der Waals surface area contributed by atoms with Crippen molar-refractivity contribution >= 4 is 17.4 Å². The first-order chi connectivity index (χ1) is 7.09. The molecule has 2 rings (SSSR count). The molecule has 0 radical (unpaired) electrons. The number of nitrogens with two attached hydrogens (primary N) is 1. The van der Waals surface area contributed by atoms with E-state index >= 15 is 0 Å². The summed E-state index contributed by atoms with van der Waals surface area (Å²) in [5.74, 6) is 0.627. The fourth-order valence-corrected chi connectivity index (χ4v) is 1.72. The number of hydrogen-bond donors (Lipinski definition) is 1.